The summed E-state index contributed by atoms with van der Waals surface area (Å²) < 4.78 is 0. The lowest BCUT2D eigenvalue weighted by molar-refractivity contribution is 0.660. The number of rotatable bonds is 2. The number of hydrogen-bond donors (Lipinski definition) is 0. The van der Waals surface area contributed by atoms with Crippen LogP contribution in [0.5, 0.6) is 0 Å². The van der Waals surface area contributed by atoms with Crippen LogP contribution in [0.25, 0.3) is 20.9 Å². The molecule has 1 saturated carbocycles. The first-order valence-electron chi connectivity index (χ1n) is 3.45. The first-order valence-corrected chi connectivity index (χ1v) is 3.45. The Morgan fingerprint density at radius 3 is 1.82 bits per heavy atom. The molecule has 1 aliphatic rings. The first-order chi connectivity index (χ1) is 5.36. The molecule has 6 heteroatoms. The van der Waals surface area contributed by atoms with E-state index in [1.165, 1.54) is 0 Å². The van der Waals surface area contributed by atoms with E-state index in [0.717, 1.165) is 12.8 Å². The van der Waals surface area contributed by atoms with Gasteiger partial charge >= 0.3 is 0 Å². The predicted molar refractivity (Wildman–Crippen MR) is 39.7 cm³/mol. The van der Waals surface area contributed by atoms with Crippen LogP contribution in [0.2, 0.25) is 0 Å². The van der Waals surface area contributed by atoms with E-state index in [0.29, 0.717) is 6.42 Å². The standard InChI is InChI=1S/C5H8N6/c6-10-8-4-1-2-5(3-4)9-11-7/h4-5H,1-3H2. The molecule has 1 fully saturated rings. The Morgan fingerprint density at radius 2 is 1.45 bits per heavy atom. The van der Waals surface area contributed by atoms with Crippen molar-refractivity contribution >= 4 is 0 Å². The molecule has 0 bridgehead atoms. The largest absolute Gasteiger partial charge is 0.0906 e. The van der Waals surface area contributed by atoms with Crippen LogP contribution in [-0.2, 0) is 0 Å². The molecule has 0 radical (unpaired) electrons. The molecule has 0 heterocycles. The van der Waals surface area contributed by atoms with Gasteiger partial charge in [0.15, 0.2) is 0 Å². The van der Waals surface area contributed by atoms with E-state index in [4.69, 9.17) is 11.1 Å². The second-order valence-corrected chi connectivity index (χ2v) is 2.53. The normalized spacial score (nSPS) is 28.7. The van der Waals surface area contributed by atoms with E-state index < -0.39 is 0 Å². The Morgan fingerprint density at radius 1 is 1.00 bits per heavy atom. The molecule has 2 unspecified atom stereocenters. The maximum Gasteiger partial charge on any atom is 0.0378 e. The lowest BCUT2D eigenvalue weighted by Gasteiger charge is -1.97. The second-order valence-electron chi connectivity index (χ2n) is 2.53. The predicted octanol–water partition coefficient (Wildman–Crippen LogP) is 2.53. The summed E-state index contributed by atoms with van der Waals surface area (Å²) in [5, 5.41) is 7.11. The second kappa shape index (κ2) is 3.71. The molecule has 0 spiro atoms. The monoisotopic (exact) mass is 152 g/mol. The van der Waals surface area contributed by atoms with Crippen LogP contribution >= 0.6 is 0 Å². The lowest BCUT2D eigenvalue weighted by Crippen LogP contribution is -1.98. The fourth-order valence-electron chi connectivity index (χ4n) is 1.29. The van der Waals surface area contributed by atoms with Gasteiger partial charge in [0.25, 0.3) is 0 Å². The van der Waals surface area contributed by atoms with Gasteiger partial charge in [0.2, 0.25) is 0 Å². The third-order valence-electron chi connectivity index (χ3n) is 1.81. The van der Waals surface area contributed by atoms with Gasteiger partial charge < -0.3 is 0 Å². The molecular formula is C5H8N6. The zero-order valence-electron chi connectivity index (χ0n) is 5.96. The van der Waals surface area contributed by atoms with Gasteiger partial charge in [0.05, 0.1) is 0 Å². The molecule has 0 aromatic rings. The molecule has 0 aliphatic heterocycles. The quantitative estimate of drug-likeness (QED) is 0.330. The maximum absolute atomic E-state index is 8.10. The highest BCUT2D eigenvalue weighted by atomic mass is 15.2. The molecule has 1 aliphatic carbocycles. The third kappa shape index (κ3) is 2.04. The van der Waals surface area contributed by atoms with Gasteiger partial charge in [-0.3, -0.25) is 0 Å². The molecule has 2 atom stereocenters. The highest BCUT2D eigenvalue weighted by Crippen LogP contribution is 2.24. The summed E-state index contributed by atoms with van der Waals surface area (Å²) >= 11 is 0. The molecule has 1 rings (SSSR count). The van der Waals surface area contributed by atoms with Crippen LogP contribution in [-0.4, -0.2) is 12.1 Å². The summed E-state index contributed by atoms with van der Waals surface area (Å²) in [6.07, 6.45) is 2.38. The minimum absolute atomic E-state index is 0.0375. The van der Waals surface area contributed by atoms with Crippen molar-refractivity contribution in [2.24, 2.45) is 10.2 Å². The average molecular weight is 152 g/mol. The number of hydrogen-bond acceptors (Lipinski definition) is 2. The van der Waals surface area contributed by atoms with Crippen LogP contribution in [0.3, 0.4) is 0 Å². The van der Waals surface area contributed by atoms with Crippen molar-refractivity contribution in [2.45, 2.75) is 31.3 Å². The van der Waals surface area contributed by atoms with Crippen LogP contribution < -0.4 is 0 Å². The van der Waals surface area contributed by atoms with E-state index in [-0.39, 0.29) is 12.1 Å². The smallest absolute Gasteiger partial charge is 0.0378 e. The van der Waals surface area contributed by atoms with Crippen molar-refractivity contribution in [3.05, 3.63) is 20.9 Å². The fourth-order valence-corrected chi connectivity index (χ4v) is 1.29. The third-order valence-corrected chi connectivity index (χ3v) is 1.81. The summed E-state index contributed by atoms with van der Waals surface area (Å²) in [5.74, 6) is 0. The number of azide groups is 2. The molecule has 11 heavy (non-hydrogen) atoms. The summed E-state index contributed by atoms with van der Waals surface area (Å²) in [4.78, 5) is 5.40. The number of nitrogens with zero attached hydrogens (tertiary/aromatic N) is 6. The van der Waals surface area contributed by atoms with Gasteiger partial charge in [0.1, 0.15) is 0 Å². The van der Waals surface area contributed by atoms with Crippen molar-refractivity contribution in [3.8, 4) is 0 Å². The highest BCUT2D eigenvalue weighted by molar-refractivity contribution is 4.85. The van der Waals surface area contributed by atoms with Gasteiger partial charge in [0, 0.05) is 21.9 Å². The van der Waals surface area contributed by atoms with Crippen LogP contribution in [0, 0.1) is 0 Å². The van der Waals surface area contributed by atoms with E-state index >= 15 is 0 Å². The van der Waals surface area contributed by atoms with E-state index in [1.807, 2.05) is 0 Å². The topological polar surface area (TPSA) is 97.5 Å². The molecule has 0 aromatic heterocycles. The van der Waals surface area contributed by atoms with Gasteiger partial charge in [-0.05, 0) is 30.3 Å². The van der Waals surface area contributed by atoms with Gasteiger partial charge in [-0.15, -0.1) is 0 Å². The minimum atomic E-state index is 0.0375. The van der Waals surface area contributed by atoms with Gasteiger partial charge in [-0.25, -0.2) is 0 Å². The molecule has 0 saturated heterocycles. The van der Waals surface area contributed by atoms with Crippen molar-refractivity contribution in [3.63, 3.8) is 0 Å². The SMILES string of the molecule is [N-]=[N+]=NC1CCC(N=[N+]=[N-])C1. The van der Waals surface area contributed by atoms with Crippen molar-refractivity contribution in [1.82, 2.24) is 0 Å². The summed E-state index contributed by atoms with van der Waals surface area (Å²) in [5.41, 5.74) is 16.2. The Kier molecular flexibility index (Phi) is 2.60. The minimum Gasteiger partial charge on any atom is -0.0906 e. The van der Waals surface area contributed by atoms with Crippen molar-refractivity contribution in [1.29, 1.82) is 0 Å². The zero-order valence-corrected chi connectivity index (χ0v) is 5.96. The van der Waals surface area contributed by atoms with Crippen molar-refractivity contribution < 1.29 is 0 Å². The molecule has 0 aromatic carbocycles. The van der Waals surface area contributed by atoms with Crippen LogP contribution in [0.1, 0.15) is 19.3 Å². The molecule has 0 amide bonds. The lowest BCUT2D eigenvalue weighted by atomic mass is 10.2. The van der Waals surface area contributed by atoms with Crippen LogP contribution in [0.4, 0.5) is 0 Å². The zero-order chi connectivity index (χ0) is 8.10. The van der Waals surface area contributed by atoms with Crippen molar-refractivity contribution in [2.75, 3.05) is 0 Å². The Bertz CT molecular complexity index is 199. The first kappa shape index (κ1) is 7.72. The van der Waals surface area contributed by atoms with Gasteiger partial charge in [-0.2, -0.15) is 0 Å². The van der Waals surface area contributed by atoms with E-state index in [9.17, 15) is 0 Å². The maximum atomic E-state index is 8.10. The Balaban J connectivity index is 2.46. The van der Waals surface area contributed by atoms with Gasteiger partial charge in [-0.1, -0.05) is 10.2 Å². The molecule has 0 N–H and O–H groups in total. The summed E-state index contributed by atoms with van der Waals surface area (Å²) in [6.45, 7) is 0. The summed E-state index contributed by atoms with van der Waals surface area (Å²) in [7, 11) is 0. The fraction of sp³-hybridized carbons (Fsp3) is 1.00. The van der Waals surface area contributed by atoms with Crippen LogP contribution in [0.15, 0.2) is 10.2 Å². The van der Waals surface area contributed by atoms with E-state index in [1.54, 1.807) is 0 Å². The molecule has 6 nitrogen and oxygen atoms in total. The molecular weight excluding hydrogens is 144 g/mol. The average Bonchev–Trinajstić information content (AvgIpc) is 2.38. The molecule has 58 valence electrons. The highest BCUT2D eigenvalue weighted by Gasteiger charge is 2.22. The Hall–Kier alpha value is -1.38. The summed E-state index contributed by atoms with van der Waals surface area (Å²) in [6, 6.07) is 0.0750. The Labute approximate surface area is 63.5 Å². The van der Waals surface area contributed by atoms with E-state index in [2.05, 4.69) is 20.1 Å².